The van der Waals surface area contributed by atoms with Gasteiger partial charge in [0.2, 0.25) is 0 Å². The van der Waals surface area contributed by atoms with E-state index in [1.807, 2.05) is 27.7 Å². The van der Waals surface area contributed by atoms with Crippen LogP contribution in [0, 0.1) is 6.92 Å². The molecule has 0 unspecified atom stereocenters. The molecule has 5 heteroatoms. The van der Waals surface area contributed by atoms with Gasteiger partial charge in [-0.3, -0.25) is 4.39 Å². The molecule has 1 heterocycles. The lowest BCUT2D eigenvalue weighted by Crippen LogP contribution is -2.19. The van der Waals surface area contributed by atoms with Gasteiger partial charge in [0.1, 0.15) is 17.5 Å². The van der Waals surface area contributed by atoms with Crippen LogP contribution >= 0.6 is 0 Å². The molecule has 0 bridgehead atoms. The quantitative estimate of drug-likeness (QED) is 0.793. The maximum Gasteiger partial charge on any atom is 0.138 e. The molecule has 96 valence electrons. The molecule has 0 aliphatic heterocycles. The van der Waals surface area contributed by atoms with Crippen molar-refractivity contribution >= 4 is 11.6 Å². The highest BCUT2D eigenvalue weighted by Gasteiger charge is 2.20. The first kappa shape index (κ1) is 13.7. The summed E-state index contributed by atoms with van der Waals surface area (Å²) >= 11 is 0. The molecule has 3 N–H and O–H groups in total. The SMILES string of the molecule is Cc1c(N)nc(C(C)(C)C)nc1NCCCF. The van der Waals surface area contributed by atoms with Crippen LogP contribution in [-0.2, 0) is 5.41 Å². The molecule has 0 radical (unpaired) electrons. The molecule has 1 aromatic heterocycles. The van der Waals surface area contributed by atoms with Gasteiger partial charge < -0.3 is 11.1 Å². The monoisotopic (exact) mass is 240 g/mol. The Bertz CT molecular complexity index is 385. The van der Waals surface area contributed by atoms with Crippen molar-refractivity contribution in [2.75, 3.05) is 24.3 Å². The van der Waals surface area contributed by atoms with Crippen molar-refractivity contribution in [3.63, 3.8) is 0 Å². The van der Waals surface area contributed by atoms with E-state index in [9.17, 15) is 4.39 Å². The molecule has 0 atom stereocenters. The van der Waals surface area contributed by atoms with E-state index in [2.05, 4.69) is 15.3 Å². The van der Waals surface area contributed by atoms with Crippen molar-refractivity contribution < 1.29 is 4.39 Å². The minimum Gasteiger partial charge on any atom is -0.383 e. The minimum absolute atomic E-state index is 0.154. The van der Waals surface area contributed by atoms with E-state index in [1.54, 1.807) is 0 Å². The highest BCUT2D eigenvalue weighted by atomic mass is 19.1. The van der Waals surface area contributed by atoms with Crippen molar-refractivity contribution in [3.8, 4) is 0 Å². The van der Waals surface area contributed by atoms with Crippen LogP contribution in [-0.4, -0.2) is 23.2 Å². The standard InChI is InChI=1S/C12H21FN4/c1-8-9(14)16-11(12(2,3)4)17-10(8)15-7-5-6-13/h5-7H2,1-4H3,(H3,14,15,16,17). The summed E-state index contributed by atoms with van der Waals surface area (Å²) in [5, 5.41) is 3.10. The second-order valence-electron chi connectivity index (χ2n) is 5.13. The molecule has 0 aliphatic rings. The lowest BCUT2D eigenvalue weighted by atomic mass is 9.95. The number of hydrogen-bond acceptors (Lipinski definition) is 4. The van der Waals surface area contributed by atoms with Crippen LogP contribution in [0.15, 0.2) is 0 Å². The molecule has 1 aromatic rings. The van der Waals surface area contributed by atoms with Gasteiger partial charge >= 0.3 is 0 Å². The van der Waals surface area contributed by atoms with Crippen LogP contribution in [0.4, 0.5) is 16.0 Å². The number of nitrogens with two attached hydrogens (primary N) is 1. The molecule has 0 saturated carbocycles. The minimum atomic E-state index is -0.335. The third-order valence-electron chi connectivity index (χ3n) is 2.46. The van der Waals surface area contributed by atoms with Gasteiger partial charge in [0.15, 0.2) is 0 Å². The zero-order valence-corrected chi connectivity index (χ0v) is 11.0. The molecule has 17 heavy (non-hydrogen) atoms. The van der Waals surface area contributed by atoms with E-state index in [4.69, 9.17) is 5.73 Å². The van der Waals surface area contributed by atoms with Crippen LogP contribution in [0.1, 0.15) is 38.6 Å². The van der Waals surface area contributed by atoms with Gasteiger partial charge in [-0.25, -0.2) is 9.97 Å². The normalized spacial score (nSPS) is 11.6. The molecule has 0 saturated heterocycles. The van der Waals surface area contributed by atoms with Crippen molar-refractivity contribution in [1.82, 2.24) is 9.97 Å². The topological polar surface area (TPSA) is 63.8 Å². The van der Waals surface area contributed by atoms with Gasteiger partial charge in [0.25, 0.3) is 0 Å². The van der Waals surface area contributed by atoms with Crippen molar-refractivity contribution in [3.05, 3.63) is 11.4 Å². The number of nitrogen functional groups attached to an aromatic ring is 1. The van der Waals surface area contributed by atoms with E-state index < -0.39 is 0 Å². The molecular formula is C12H21FN4. The Morgan fingerprint density at radius 2 is 1.94 bits per heavy atom. The Morgan fingerprint density at radius 1 is 1.29 bits per heavy atom. The van der Waals surface area contributed by atoms with E-state index in [1.165, 1.54) is 0 Å². The first-order valence-electron chi connectivity index (χ1n) is 5.80. The summed E-state index contributed by atoms with van der Waals surface area (Å²) in [5.74, 6) is 1.88. The van der Waals surface area contributed by atoms with Crippen LogP contribution in [0.5, 0.6) is 0 Å². The number of rotatable bonds is 4. The summed E-state index contributed by atoms with van der Waals surface area (Å²) in [4.78, 5) is 8.74. The zero-order chi connectivity index (χ0) is 13.1. The number of alkyl halides is 1. The molecule has 0 spiro atoms. The smallest absolute Gasteiger partial charge is 0.138 e. The molecule has 1 rings (SSSR count). The number of anilines is 2. The largest absolute Gasteiger partial charge is 0.383 e. The first-order valence-corrected chi connectivity index (χ1v) is 5.80. The van der Waals surface area contributed by atoms with Gasteiger partial charge in [-0.1, -0.05) is 20.8 Å². The number of halogens is 1. The predicted octanol–water partition coefficient (Wildman–Crippen LogP) is 2.44. The van der Waals surface area contributed by atoms with Crippen molar-refractivity contribution in [2.45, 2.75) is 39.5 Å². The third-order valence-corrected chi connectivity index (χ3v) is 2.46. The van der Waals surface area contributed by atoms with E-state index in [0.29, 0.717) is 30.4 Å². The van der Waals surface area contributed by atoms with E-state index in [-0.39, 0.29) is 12.1 Å². The predicted molar refractivity (Wildman–Crippen MR) is 69.0 cm³/mol. The summed E-state index contributed by atoms with van der Waals surface area (Å²) < 4.78 is 12.0. The Hall–Kier alpha value is -1.39. The van der Waals surface area contributed by atoms with E-state index >= 15 is 0 Å². The maximum atomic E-state index is 12.0. The molecule has 0 fully saturated rings. The summed E-state index contributed by atoms with van der Waals surface area (Å²) in [5.41, 5.74) is 6.52. The average Bonchev–Trinajstić information content (AvgIpc) is 2.22. The molecule has 0 amide bonds. The molecule has 4 nitrogen and oxygen atoms in total. The number of nitrogens with zero attached hydrogens (tertiary/aromatic N) is 2. The Labute approximate surface area is 102 Å². The third kappa shape index (κ3) is 3.54. The zero-order valence-electron chi connectivity index (χ0n) is 11.0. The van der Waals surface area contributed by atoms with Gasteiger partial charge in [-0.15, -0.1) is 0 Å². The average molecular weight is 240 g/mol. The Balaban J connectivity index is 2.99. The van der Waals surface area contributed by atoms with E-state index in [0.717, 1.165) is 5.56 Å². The first-order chi connectivity index (χ1) is 7.86. The van der Waals surface area contributed by atoms with Crippen LogP contribution < -0.4 is 11.1 Å². The maximum absolute atomic E-state index is 12.0. The highest BCUT2D eigenvalue weighted by Crippen LogP contribution is 2.24. The number of hydrogen-bond donors (Lipinski definition) is 2. The Kier molecular flexibility index (Phi) is 4.26. The lowest BCUT2D eigenvalue weighted by molar-refractivity contribution is 0.480. The fourth-order valence-corrected chi connectivity index (χ4v) is 1.32. The highest BCUT2D eigenvalue weighted by molar-refractivity contribution is 5.55. The van der Waals surface area contributed by atoms with Crippen molar-refractivity contribution in [2.24, 2.45) is 0 Å². The fourth-order valence-electron chi connectivity index (χ4n) is 1.32. The number of nitrogens with one attached hydrogen (secondary N) is 1. The van der Waals surface area contributed by atoms with Crippen molar-refractivity contribution in [1.29, 1.82) is 0 Å². The van der Waals surface area contributed by atoms with Crippen LogP contribution in [0.2, 0.25) is 0 Å². The van der Waals surface area contributed by atoms with Gasteiger partial charge in [0.05, 0.1) is 6.67 Å². The summed E-state index contributed by atoms with van der Waals surface area (Å²) in [6.07, 6.45) is 0.466. The second-order valence-corrected chi connectivity index (χ2v) is 5.13. The van der Waals surface area contributed by atoms with Gasteiger partial charge in [-0.05, 0) is 13.3 Å². The summed E-state index contributed by atoms with van der Waals surface area (Å²) in [7, 11) is 0. The second kappa shape index (κ2) is 5.29. The van der Waals surface area contributed by atoms with Gasteiger partial charge in [-0.2, -0.15) is 0 Å². The van der Waals surface area contributed by atoms with Crippen LogP contribution in [0.3, 0.4) is 0 Å². The fraction of sp³-hybridized carbons (Fsp3) is 0.667. The number of aromatic nitrogens is 2. The Morgan fingerprint density at radius 3 is 2.47 bits per heavy atom. The molecule has 0 aliphatic carbocycles. The molecular weight excluding hydrogens is 219 g/mol. The molecule has 0 aromatic carbocycles. The van der Waals surface area contributed by atoms with Crippen LogP contribution in [0.25, 0.3) is 0 Å². The van der Waals surface area contributed by atoms with Gasteiger partial charge in [0, 0.05) is 17.5 Å². The summed E-state index contributed by atoms with van der Waals surface area (Å²) in [6.45, 7) is 8.17. The lowest BCUT2D eigenvalue weighted by Gasteiger charge is -2.19. The summed E-state index contributed by atoms with van der Waals surface area (Å²) in [6, 6.07) is 0.